The molecule has 0 spiro atoms. The van der Waals surface area contributed by atoms with Crippen molar-refractivity contribution in [3.63, 3.8) is 0 Å². The SMILES string of the molecule is CCCCCC(O)(/C=C/C1CCC(O)C1C/C=C/CCCC(=O)OC)CC. The number of aliphatic hydroxyl groups is 2. The molecule has 156 valence electrons. The van der Waals surface area contributed by atoms with Gasteiger partial charge in [-0.05, 0) is 56.8 Å². The van der Waals surface area contributed by atoms with E-state index in [1.807, 2.05) is 13.0 Å². The van der Waals surface area contributed by atoms with Crippen LogP contribution < -0.4 is 0 Å². The fourth-order valence-electron chi connectivity index (χ4n) is 3.85. The van der Waals surface area contributed by atoms with Gasteiger partial charge >= 0.3 is 5.97 Å². The van der Waals surface area contributed by atoms with Crippen LogP contribution >= 0.6 is 0 Å². The van der Waals surface area contributed by atoms with Crippen LogP contribution in [0.25, 0.3) is 0 Å². The summed E-state index contributed by atoms with van der Waals surface area (Å²) in [4.78, 5) is 11.1. The van der Waals surface area contributed by atoms with E-state index >= 15 is 0 Å². The maximum atomic E-state index is 11.1. The number of ether oxygens (including phenoxy) is 1. The topological polar surface area (TPSA) is 66.8 Å². The molecule has 0 radical (unpaired) electrons. The standard InChI is InChI=1S/C23H40O4/c1-4-6-11-17-23(26,5-2)18-16-19-14-15-21(24)20(19)12-9-7-8-10-13-22(25)27-3/h7,9,16,18-21,24,26H,4-6,8,10-15,17H2,1-3H3/b9-7+,18-16+. The van der Waals surface area contributed by atoms with E-state index in [1.54, 1.807) is 0 Å². The van der Waals surface area contributed by atoms with Crippen LogP contribution in [-0.2, 0) is 9.53 Å². The van der Waals surface area contributed by atoms with E-state index in [2.05, 4.69) is 29.9 Å². The summed E-state index contributed by atoms with van der Waals surface area (Å²) in [7, 11) is 1.41. The molecule has 0 aromatic carbocycles. The van der Waals surface area contributed by atoms with Gasteiger partial charge < -0.3 is 14.9 Å². The van der Waals surface area contributed by atoms with Gasteiger partial charge in [-0.2, -0.15) is 0 Å². The second-order valence-corrected chi connectivity index (χ2v) is 7.92. The normalized spacial score (nSPS) is 25.3. The van der Waals surface area contributed by atoms with Crippen LogP contribution in [0, 0.1) is 11.8 Å². The Kier molecular flexibility index (Phi) is 11.6. The van der Waals surface area contributed by atoms with Gasteiger partial charge in [-0.25, -0.2) is 0 Å². The summed E-state index contributed by atoms with van der Waals surface area (Å²) in [5.41, 5.74) is -0.711. The summed E-state index contributed by atoms with van der Waals surface area (Å²) in [6.45, 7) is 4.21. The summed E-state index contributed by atoms with van der Waals surface area (Å²) < 4.78 is 4.64. The first kappa shape index (κ1) is 23.9. The third-order valence-electron chi connectivity index (χ3n) is 5.87. The molecule has 0 aliphatic heterocycles. The van der Waals surface area contributed by atoms with Gasteiger partial charge in [0.05, 0.1) is 18.8 Å². The van der Waals surface area contributed by atoms with Crippen LogP contribution in [0.4, 0.5) is 0 Å². The van der Waals surface area contributed by atoms with Gasteiger partial charge in [0.2, 0.25) is 0 Å². The monoisotopic (exact) mass is 380 g/mol. The Labute approximate surface area is 165 Å². The average molecular weight is 381 g/mol. The van der Waals surface area contributed by atoms with Gasteiger partial charge in [-0.1, -0.05) is 57.4 Å². The van der Waals surface area contributed by atoms with Crippen LogP contribution in [-0.4, -0.2) is 35.0 Å². The maximum absolute atomic E-state index is 11.1. The molecule has 0 heterocycles. The first-order chi connectivity index (χ1) is 13.0. The minimum atomic E-state index is -0.711. The first-order valence-electron chi connectivity index (χ1n) is 10.8. The van der Waals surface area contributed by atoms with E-state index in [4.69, 9.17) is 0 Å². The summed E-state index contributed by atoms with van der Waals surface area (Å²) in [6, 6.07) is 0. The molecule has 27 heavy (non-hydrogen) atoms. The third-order valence-corrected chi connectivity index (χ3v) is 5.87. The Hall–Kier alpha value is -1.13. The van der Waals surface area contributed by atoms with Crippen LogP contribution in [0.3, 0.4) is 0 Å². The van der Waals surface area contributed by atoms with E-state index in [1.165, 1.54) is 7.11 Å². The molecule has 1 saturated carbocycles. The number of rotatable bonds is 13. The molecule has 0 aromatic rings. The van der Waals surface area contributed by atoms with Crippen molar-refractivity contribution >= 4 is 5.97 Å². The van der Waals surface area contributed by atoms with E-state index in [9.17, 15) is 15.0 Å². The number of carbonyl (C=O) groups excluding carboxylic acids is 1. The van der Waals surface area contributed by atoms with Gasteiger partial charge in [0, 0.05) is 6.42 Å². The number of carbonyl (C=O) groups is 1. The van der Waals surface area contributed by atoms with E-state index in [0.29, 0.717) is 12.3 Å². The number of unbranched alkanes of at least 4 members (excludes halogenated alkanes) is 3. The quantitative estimate of drug-likeness (QED) is 0.270. The number of esters is 1. The van der Waals surface area contributed by atoms with Crippen molar-refractivity contribution in [3.05, 3.63) is 24.3 Å². The van der Waals surface area contributed by atoms with Crippen molar-refractivity contribution in [1.82, 2.24) is 0 Å². The van der Waals surface area contributed by atoms with Crippen molar-refractivity contribution in [2.24, 2.45) is 11.8 Å². The highest BCUT2D eigenvalue weighted by atomic mass is 16.5. The molecule has 0 amide bonds. The molecule has 1 aliphatic carbocycles. The first-order valence-corrected chi connectivity index (χ1v) is 10.8. The minimum absolute atomic E-state index is 0.165. The molecule has 1 aliphatic rings. The summed E-state index contributed by atoms with van der Waals surface area (Å²) in [5, 5.41) is 21.1. The Bertz CT molecular complexity index is 471. The minimum Gasteiger partial charge on any atom is -0.469 e. The number of hydrogen-bond acceptors (Lipinski definition) is 4. The lowest BCUT2D eigenvalue weighted by atomic mass is 9.87. The van der Waals surface area contributed by atoms with Gasteiger partial charge in [-0.3, -0.25) is 4.79 Å². The molecular formula is C23H40O4. The number of methoxy groups -OCH3 is 1. The largest absolute Gasteiger partial charge is 0.469 e. The molecule has 0 aromatic heterocycles. The fourth-order valence-corrected chi connectivity index (χ4v) is 3.85. The van der Waals surface area contributed by atoms with Crippen LogP contribution in [0.15, 0.2) is 24.3 Å². The predicted molar refractivity (Wildman–Crippen MR) is 110 cm³/mol. The van der Waals surface area contributed by atoms with E-state index in [0.717, 1.165) is 64.2 Å². The predicted octanol–water partition coefficient (Wildman–Crippen LogP) is 4.94. The zero-order valence-electron chi connectivity index (χ0n) is 17.5. The number of aliphatic hydroxyl groups excluding tert-OH is 1. The van der Waals surface area contributed by atoms with E-state index < -0.39 is 5.60 Å². The van der Waals surface area contributed by atoms with E-state index in [-0.39, 0.29) is 18.0 Å². The molecule has 4 heteroatoms. The highest BCUT2D eigenvalue weighted by Crippen LogP contribution is 2.36. The van der Waals surface area contributed by atoms with Crippen molar-refractivity contribution in [1.29, 1.82) is 0 Å². The molecular weight excluding hydrogens is 340 g/mol. The fraction of sp³-hybridized carbons (Fsp3) is 0.783. The molecule has 0 bridgehead atoms. The summed E-state index contributed by atoms with van der Waals surface area (Å²) in [5.74, 6) is 0.376. The van der Waals surface area contributed by atoms with Gasteiger partial charge in [0.1, 0.15) is 0 Å². The Morgan fingerprint density at radius 2 is 1.96 bits per heavy atom. The molecule has 1 rings (SSSR count). The molecule has 0 saturated heterocycles. The summed E-state index contributed by atoms with van der Waals surface area (Å²) >= 11 is 0. The Morgan fingerprint density at radius 1 is 1.19 bits per heavy atom. The molecule has 4 nitrogen and oxygen atoms in total. The molecule has 1 fully saturated rings. The second-order valence-electron chi connectivity index (χ2n) is 7.92. The number of allylic oxidation sites excluding steroid dienone is 3. The smallest absolute Gasteiger partial charge is 0.305 e. The van der Waals surface area contributed by atoms with Crippen LogP contribution in [0.2, 0.25) is 0 Å². The molecule has 2 N–H and O–H groups in total. The van der Waals surface area contributed by atoms with Gasteiger partial charge in [0.25, 0.3) is 0 Å². The number of hydrogen-bond donors (Lipinski definition) is 2. The van der Waals surface area contributed by atoms with Crippen LogP contribution in [0.1, 0.15) is 84.5 Å². The van der Waals surface area contributed by atoms with Gasteiger partial charge in [-0.15, -0.1) is 0 Å². The third kappa shape index (κ3) is 9.07. The average Bonchev–Trinajstić information content (AvgIpc) is 3.02. The molecule has 4 unspecified atom stereocenters. The van der Waals surface area contributed by atoms with Crippen molar-refractivity contribution in [2.75, 3.05) is 7.11 Å². The van der Waals surface area contributed by atoms with Crippen molar-refractivity contribution in [3.8, 4) is 0 Å². The van der Waals surface area contributed by atoms with Crippen LogP contribution in [0.5, 0.6) is 0 Å². The zero-order chi connectivity index (χ0) is 20.1. The lowest BCUT2D eigenvalue weighted by molar-refractivity contribution is -0.140. The highest BCUT2D eigenvalue weighted by Gasteiger charge is 2.33. The molecule has 4 atom stereocenters. The zero-order valence-corrected chi connectivity index (χ0v) is 17.5. The summed E-state index contributed by atoms with van der Waals surface area (Å²) in [6.07, 6.45) is 17.8. The maximum Gasteiger partial charge on any atom is 0.305 e. The van der Waals surface area contributed by atoms with Gasteiger partial charge in [0.15, 0.2) is 0 Å². The second kappa shape index (κ2) is 13.1. The van der Waals surface area contributed by atoms with Crippen molar-refractivity contribution < 1.29 is 19.7 Å². The Morgan fingerprint density at radius 3 is 2.63 bits per heavy atom. The highest BCUT2D eigenvalue weighted by molar-refractivity contribution is 5.69. The van der Waals surface area contributed by atoms with Crippen molar-refractivity contribution in [2.45, 2.75) is 96.2 Å². The lowest BCUT2D eigenvalue weighted by Gasteiger charge is -2.25. The Balaban J connectivity index is 2.50. The lowest BCUT2D eigenvalue weighted by Crippen LogP contribution is -2.25.